The van der Waals surface area contributed by atoms with Gasteiger partial charge in [-0.15, -0.1) is 0 Å². The number of hydrogen-bond donors (Lipinski definition) is 4. The third kappa shape index (κ3) is 14.3. The Bertz CT molecular complexity index is 2670. The van der Waals surface area contributed by atoms with Gasteiger partial charge in [0, 0.05) is 59.0 Å². The summed E-state index contributed by atoms with van der Waals surface area (Å²) in [6, 6.07) is 49.9. The van der Waals surface area contributed by atoms with Crippen LogP contribution in [0.1, 0.15) is 47.9 Å². The predicted molar refractivity (Wildman–Crippen MR) is 252 cm³/mol. The van der Waals surface area contributed by atoms with Crippen molar-refractivity contribution >= 4 is 61.9 Å². The molecule has 0 bridgehead atoms. The molecule has 0 atom stereocenters. The highest BCUT2D eigenvalue weighted by atomic mass is 79.9. The van der Waals surface area contributed by atoms with Crippen LogP contribution < -0.4 is 5.46 Å². The number of benzene rings is 6. The van der Waals surface area contributed by atoms with E-state index in [0.717, 1.165) is 74.2 Å². The van der Waals surface area contributed by atoms with E-state index in [2.05, 4.69) is 74.4 Å². The van der Waals surface area contributed by atoms with Crippen LogP contribution in [0, 0.1) is 0 Å². The first-order valence-corrected chi connectivity index (χ1v) is 21.4. The van der Waals surface area contributed by atoms with Gasteiger partial charge in [0.05, 0.1) is 11.0 Å². The number of nitrogens with zero attached hydrogens (tertiary/aromatic N) is 2. The van der Waals surface area contributed by atoms with Crippen molar-refractivity contribution in [1.29, 1.82) is 0 Å². The van der Waals surface area contributed by atoms with Gasteiger partial charge in [-0.05, 0) is 113 Å². The largest absolute Gasteiger partial charge is 0.508 e. The number of carbonyl (C=O) groups excluding carboxylic acids is 2. The SMILES string of the molecule is O=C(CCCc1ccc(-c2cnc3ccccc3c2)cc1)Cc1ccc(O)cc1.O=C(CCCc1ccc(Br)cc1)Cc1ccc(O)cc1.OB(O)c1cnc2ccccc2c1. The lowest BCUT2D eigenvalue weighted by molar-refractivity contribution is -0.119. The molecule has 0 aliphatic carbocycles. The topological polar surface area (TPSA) is 141 Å². The minimum Gasteiger partial charge on any atom is -0.508 e. The average Bonchev–Trinajstić information content (AvgIpc) is 3.29. The van der Waals surface area contributed by atoms with Crippen LogP contribution in [0.4, 0.5) is 0 Å². The summed E-state index contributed by atoms with van der Waals surface area (Å²) in [4.78, 5) is 32.7. The summed E-state index contributed by atoms with van der Waals surface area (Å²) in [7, 11) is -1.45. The maximum absolute atomic E-state index is 12.2. The fourth-order valence-electron chi connectivity index (χ4n) is 6.81. The van der Waals surface area contributed by atoms with Gasteiger partial charge < -0.3 is 20.3 Å². The molecule has 0 aliphatic heterocycles. The van der Waals surface area contributed by atoms with E-state index in [1.807, 2.05) is 60.8 Å². The number of rotatable bonds is 14. The Balaban J connectivity index is 0.000000168. The van der Waals surface area contributed by atoms with Crippen molar-refractivity contribution in [3.8, 4) is 22.6 Å². The number of fused-ring (bicyclic) bond motifs is 2. The van der Waals surface area contributed by atoms with Crippen LogP contribution in [0.25, 0.3) is 32.9 Å². The molecule has 0 saturated heterocycles. The molecule has 8 rings (SSSR count). The summed E-state index contributed by atoms with van der Waals surface area (Å²) in [5.41, 5.74) is 8.92. The molecule has 0 aliphatic rings. The number of aromatic hydroxyl groups is 2. The highest BCUT2D eigenvalue weighted by Crippen LogP contribution is 2.24. The van der Waals surface area contributed by atoms with E-state index in [-0.39, 0.29) is 23.1 Å². The number of pyridine rings is 2. The van der Waals surface area contributed by atoms with Gasteiger partial charge in [-0.1, -0.05) is 119 Å². The zero-order valence-electron chi connectivity index (χ0n) is 34.3. The number of aryl methyl sites for hydroxylation is 2. The van der Waals surface area contributed by atoms with E-state index in [1.54, 1.807) is 54.6 Å². The highest BCUT2D eigenvalue weighted by molar-refractivity contribution is 9.10. The van der Waals surface area contributed by atoms with Crippen molar-refractivity contribution in [3.05, 3.63) is 197 Å². The molecule has 0 spiro atoms. The molecule has 8 aromatic rings. The molecule has 0 radical (unpaired) electrons. The number of hydrogen-bond acceptors (Lipinski definition) is 8. The van der Waals surface area contributed by atoms with Crippen molar-refractivity contribution in [2.75, 3.05) is 0 Å². The molecule has 0 saturated carbocycles. The maximum Gasteiger partial charge on any atom is 0.490 e. The number of phenolic OH excluding ortho intramolecular Hbond substituents is 2. The van der Waals surface area contributed by atoms with Crippen LogP contribution in [0.5, 0.6) is 11.5 Å². The smallest absolute Gasteiger partial charge is 0.490 e. The number of phenols is 2. The van der Waals surface area contributed by atoms with Gasteiger partial charge in [-0.2, -0.15) is 0 Å². The van der Waals surface area contributed by atoms with E-state index >= 15 is 0 Å². The van der Waals surface area contributed by atoms with Crippen LogP contribution in [0.2, 0.25) is 0 Å². The van der Waals surface area contributed by atoms with E-state index in [9.17, 15) is 19.8 Å². The fourth-order valence-corrected chi connectivity index (χ4v) is 7.08. The second kappa shape index (κ2) is 23.0. The summed E-state index contributed by atoms with van der Waals surface area (Å²) < 4.78 is 1.07. The number of para-hydroxylation sites is 2. The van der Waals surface area contributed by atoms with Gasteiger partial charge >= 0.3 is 7.12 Å². The van der Waals surface area contributed by atoms with Gasteiger partial charge in [-0.25, -0.2) is 0 Å². The Morgan fingerprint density at radius 3 is 1.44 bits per heavy atom. The third-order valence-electron chi connectivity index (χ3n) is 10.2. The van der Waals surface area contributed by atoms with Crippen LogP contribution in [0.15, 0.2) is 175 Å². The zero-order valence-corrected chi connectivity index (χ0v) is 35.9. The van der Waals surface area contributed by atoms with Crippen LogP contribution in [0.3, 0.4) is 0 Å². The normalized spacial score (nSPS) is 10.6. The lowest BCUT2D eigenvalue weighted by Crippen LogP contribution is -2.29. The minimum absolute atomic E-state index is 0.226. The molecule has 8 nitrogen and oxygen atoms in total. The highest BCUT2D eigenvalue weighted by Gasteiger charge is 2.11. The van der Waals surface area contributed by atoms with Gasteiger partial charge in [0.15, 0.2) is 0 Å². The minimum atomic E-state index is -1.45. The molecule has 62 heavy (non-hydrogen) atoms. The Labute approximate surface area is 370 Å². The lowest BCUT2D eigenvalue weighted by Gasteiger charge is -2.06. The Kier molecular flexibility index (Phi) is 16.7. The van der Waals surface area contributed by atoms with Gasteiger partial charge in [-0.3, -0.25) is 19.6 Å². The molecule has 0 amide bonds. The zero-order chi connectivity index (χ0) is 43.7. The van der Waals surface area contributed by atoms with E-state index < -0.39 is 7.12 Å². The summed E-state index contributed by atoms with van der Waals surface area (Å²) in [6.45, 7) is 0. The summed E-state index contributed by atoms with van der Waals surface area (Å²) in [5.74, 6) is 0.933. The van der Waals surface area contributed by atoms with Gasteiger partial charge in [0.25, 0.3) is 0 Å². The molecule has 0 unspecified atom stereocenters. The van der Waals surface area contributed by atoms with Crippen molar-refractivity contribution in [3.63, 3.8) is 0 Å². The number of aromatic nitrogens is 2. The van der Waals surface area contributed by atoms with E-state index in [1.165, 1.54) is 17.3 Å². The van der Waals surface area contributed by atoms with Gasteiger partial charge in [0.2, 0.25) is 0 Å². The molecule has 2 aromatic heterocycles. The van der Waals surface area contributed by atoms with Crippen molar-refractivity contribution in [1.82, 2.24) is 9.97 Å². The molecule has 312 valence electrons. The van der Waals surface area contributed by atoms with Crippen molar-refractivity contribution in [2.45, 2.75) is 51.4 Å². The molecule has 4 N–H and O–H groups in total. The number of halogens is 1. The van der Waals surface area contributed by atoms with Gasteiger partial charge in [0.1, 0.15) is 23.1 Å². The molecule has 10 heteroatoms. The maximum atomic E-state index is 12.2. The fraction of sp³-hybridized carbons (Fsp3) is 0.154. The molecule has 2 heterocycles. The first-order chi connectivity index (χ1) is 30.1. The van der Waals surface area contributed by atoms with E-state index in [0.29, 0.717) is 31.1 Å². The summed E-state index contributed by atoms with van der Waals surface area (Å²) in [5, 5.41) is 38.3. The van der Waals surface area contributed by atoms with Crippen molar-refractivity contribution < 1.29 is 29.9 Å². The molecular weight excluding hydrogens is 839 g/mol. The summed E-state index contributed by atoms with van der Waals surface area (Å²) in [6.07, 6.45) is 8.94. The van der Waals surface area contributed by atoms with Crippen molar-refractivity contribution in [2.24, 2.45) is 0 Å². The molecule has 0 fully saturated rings. The quantitative estimate of drug-likeness (QED) is 0.0792. The molecule has 6 aromatic carbocycles. The number of carbonyl (C=O) groups is 2. The lowest BCUT2D eigenvalue weighted by atomic mass is 9.81. The predicted octanol–water partition coefficient (Wildman–Crippen LogP) is 9.95. The number of Topliss-reactive ketones (excluding diaryl/α,β-unsaturated/α-hetero) is 2. The number of ketones is 2. The first-order valence-electron chi connectivity index (χ1n) is 20.6. The van der Waals surface area contributed by atoms with Crippen LogP contribution in [-0.4, -0.2) is 48.9 Å². The Hall–Kier alpha value is -6.46. The van der Waals surface area contributed by atoms with E-state index in [4.69, 9.17) is 10.0 Å². The van der Waals surface area contributed by atoms with Crippen LogP contribution >= 0.6 is 15.9 Å². The Morgan fingerprint density at radius 1 is 0.500 bits per heavy atom. The standard InChI is InChI=1S/C26H23NO2.C17H17BrO2.C9H8BNO2/c28-24-14-10-20(11-15-24)16-25(29)6-3-4-19-8-12-21(13-9-19)23-17-22-5-1-2-7-26(22)27-18-23;18-15-8-4-13(5-9-15)2-1-3-17(20)12-14-6-10-16(19)11-7-14;12-10(13)8-5-7-3-1-2-4-9(7)11-6-8/h1-2,5,7-15,17-18,28H,3-4,6,16H2;4-11,19H,1-3,12H2;1-6,12-13H. The second-order valence-electron chi connectivity index (χ2n) is 15.0. The third-order valence-corrected chi connectivity index (χ3v) is 10.7. The first kappa shape index (κ1) is 45.1. The van der Waals surface area contributed by atoms with Crippen LogP contribution in [-0.2, 0) is 35.3 Å². The summed E-state index contributed by atoms with van der Waals surface area (Å²) >= 11 is 3.41. The Morgan fingerprint density at radius 2 is 0.935 bits per heavy atom. The molecular formula is C52H48BBrN2O6. The average molecular weight is 888 g/mol. The second-order valence-corrected chi connectivity index (χ2v) is 16.0. The monoisotopic (exact) mass is 886 g/mol.